The molecule has 4 heterocycles. The first-order chi connectivity index (χ1) is 12.0. The number of nitrogens with one attached hydrogen (secondary N) is 1. The summed E-state index contributed by atoms with van der Waals surface area (Å²) in [6.07, 6.45) is 3.21. The molecule has 3 aliphatic heterocycles. The van der Waals surface area contributed by atoms with E-state index < -0.39 is 11.3 Å². The van der Waals surface area contributed by atoms with Crippen molar-refractivity contribution in [3.05, 3.63) is 34.2 Å². The average molecular weight is 349 g/mol. The number of hydrogen-bond donors (Lipinski definition) is 2. The summed E-state index contributed by atoms with van der Waals surface area (Å²) >= 11 is 0. The van der Waals surface area contributed by atoms with Gasteiger partial charge >= 0.3 is 0 Å². The van der Waals surface area contributed by atoms with Crippen LogP contribution in [0.15, 0.2) is 23.1 Å². The molecule has 0 saturated carbocycles. The Hall–Kier alpha value is -2.68. The van der Waals surface area contributed by atoms with Gasteiger partial charge in [0.1, 0.15) is 5.56 Å². The van der Waals surface area contributed by atoms with Crippen LogP contribution >= 0.6 is 0 Å². The summed E-state index contributed by atoms with van der Waals surface area (Å²) in [6, 6.07) is 2.85. The van der Waals surface area contributed by atoms with Crippen molar-refractivity contribution in [3.8, 4) is 0 Å². The van der Waals surface area contributed by atoms with Crippen molar-refractivity contribution < 1.29 is 24.2 Å². The normalized spacial score (nSPS) is 27.2. The number of carbonyl (C=O) groups is 3. The molecule has 1 spiro atoms. The maximum Gasteiger partial charge on any atom is 0.290 e. The molecule has 9 heteroatoms. The minimum Gasteiger partial charge on any atom is -0.483 e. The minimum atomic E-state index is -0.674. The highest BCUT2D eigenvalue weighted by Crippen LogP contribution is 2.45. The van der Waals surface area contributed by atoms with E-state index in [0.29, 0.717) is 26.1 Å². The van der Waals surface area contributed by atoms with Crippen LogP contribution in [0.2, 0.25) is 0 Å². The largest absolute Gasteiger partial charge is 0.483 e. The van der Waals surface area contributed by atoms with Crippen LogP contribution in [0.1, 0.15) is 29.6 Å². The summed E-state index contributed by atoms with van der Waals surface area (Å²) in [5.41, 5.74) is -0.965. The number of amides is 2. The zero-order chi connectivity index (χ0) is 18.0. The quantitative estimate of drug-likeness (QED) is 0.668. The van der Waals surface area contributed by atoms with Gasteiger partial charge in [0.15, 0.2) is 5.72 Å². The lowest BCUT2D eigenvalue weighted by molar-refractivity contribution is -0.179. The minimum absolute atomic E-state index is 0.0316. The number of carboxylic acid groups (broad SMARTS) is 1. The fourth-order valence-corrected chi connectivity index (χ4v) is 3.94. The third-order valence-corrected chi connectivity index (χ3v) is 4.92. The van der Waals surface area contributed by atoms with E-state index in [9.17, 15) is 14.4 Å². The van der Waals surface area contributed by atoms with Crippen LogP contribution in [0.4, 0.5) is 0 Å². The van der Waals surface area contributed by atoms with Crippen LogP contribution in [0.3, 0.4) is 0 Å². The van der Waals surface area contributed by atoms with Crippen LogP contribution < -0.4 is 5.56 Å². The van der Waals surface area contributed by atoms with Gasteiger partial charge in [-0.25, -0.2) is 0 Å². The number of aromatic amines is 1. The predicted molar refractivity (Wildman–Crippen MR) is 84.8 cm³/mol. The number of aromatic nitrogens is 1. The Kier molecular flexibility index (Phi) is 4.58. The molecule has 3 saturated heterocycles. The van der Waals surface area contributed by atoms with Gasteiger partial charge in [0.2, 0.25) is 5.91 Å². The van der Waals surface area contributed by atoms with E-state index in [0.717, 1.165) is 6.42 Å². The molecule has 0 unspecified atom stereocenters. The molecule has 0 radical (unpaired) electrons. The molecule has 1 aromatic heterocycles. The van der Waals surface area contributed by atoms with Crippen molar-refractivity contribution in [3.63, 3.8) is 0 Å². The molecule has 134 valence electrons. The Bertz CT molecular complexity index is 747. The van der Waals surface area contributed by atoms with E-state index in [1.54, 1.807) is 15.9 Å². The van der Waals surface area contributed by atoms with E-state index in [2.05, 4.69) is 4.98 Å². The first kappa shape index (κ1) is 17.2. The van der Waals surface area contributed by atoms with Crippen LogP contribution in [0.25, 0.3) is 0 Å². The standard InChI is InChI=1S/C15H17N3O4.CH2O2/c19-12-9-11-15(18(12)6-2-8-22-15)4-7-17(11)14(21)10-3-1-5-16-13(10)20;2-1-3/h1,3,5,11H,2,4,6-9H2,(H,16,20);1H,(H,2,3)/t11-,15+;/m1./s1. The summed E-state index contributed by atoms with van der Waals surface area (Å²) in [4.78, 5) is 51.1. The van der Waals surface area contributed by atoms with E-state index in [1.165, 1.54) is 12.3 Å². The van der Waals surface area contributed by atoms with E-state index in [4.69, 9.17) is 14.6 Å². The highest BCUT2D eigenvalue weighted by Gasteiger charge is 2.61. The number of ether oxygens (including phenoxy) is 1. The lowest BCUT2D eigenvalue weighted by atomic mass is 10.0. The fourth-order valence-electron chi connectivity index (χ4n) is 3.94. The van der Waals surface area contributed by atoms with Crippen molar-refractivity contribution in [2.24, 2.45) is 0 Å². The van der Waals surface area contributed by atoms with Crippen molar-refractivity contribution >= 4 is 18.3 Å². The van der Waals surface area contributed by atoms with E-state index >= 15 is 0 Å². The maximum atomic E-state index is 12.7. The molecule has 2 N–H and O–H groups in total. The third kappa shape index (κ3) is 2.70. The number of hydrogen-bond acceptors (Lipinski definition) is 5. The number of nitrogens with zero attached hydrogens (tertiary/aromatic N) is 2. The molecule has 2 atom stereocenters. The lowest BCUT2D eigenvalue weighted by Crippen LogP contribution is -2.56. The highest BCUT2D eigenvalue weighted by atomic mass is 16.5. The number of H-pyrrole nitrogens is 1. The summed E-state index contributed by atoms with van der Waals surface area (Å²) in [5.74, 6) is -0.295. The zero-order valence-corrected chi connectivity index (χ0v) is 13.5. The molecule has 25 heavy (non-hydrogen) atoms. The molecule has 0 aliphatic carbocycles. The molecular formula is C16H19N3O6. The maximum absolute atomic E-state index is 12.7. The summed E-state index contributed by atoms with van der Waals surface area (Å²) in [5, 5.41) is 6.89. The Labute approximate surface area is 143 Å². The van der Waals surface area contributed by atoms with Crippen LogP contribution in [-0.2, 0) is 14.3 Å². The second-order valence-electron chi connectivity index (χ2n) is 6.08. The van der Waals surface area contributed by atoms with Gasteiger partial charge in [-0.1, -0.05) is 0 Å². The van der Waals surface area contributed by atoms with Crippen LogP contribution in [-0.4, -0.2) is 69.6 Å². The summed E-state index contributed by atoms with van der Waals surface area (Å²) < 4.78 is 5.96. The molecule has 9 nitrogen and oxygen atoms in total. The van der Waals surface area contributed by atoms with Gasteiger partial charge < -0.3 is 24.6 Å². The van der Waals surface area contributed by atoms with Gasteiger partial charge in [-0.2, -0.15) is 0 Å². The molecule has 4 rings (SSSR count). The molecule has 2 amide bonds. The van der Waals surface area contributed by atoms with Gasteiger partial charge in [-0.15, -0.1) is 0 Å². The first-order valence-electron chi connectivity index (χ1n) is 8.06. The van der Waals surface area contributed by atoms with Gasteiger partial charge in [0, 0.05) is 25.7 Å². The van der Waals surface area contributed by atoms with Gasteiger partial charge in [-0.3, -0.25) is 19.2 Å². The lowest BCUT2D eigenvalue weighted by Gasteiger charge is -2.42. The number of rotatable bonds is 1. The SMILES string of the molecule is O=C(c1ccc[nH]c1=O)N1CC[C@@]23OCCCN2C(=O)C[C@@H]13.O=CO. The van der Waals surface area contributed by atoms with Crippen molar-refractivity contribution in [1.29, 1.82) is 0 Å². The number of likely N-dealkylation sites (tertiary alicyclic amines) is 1. The Morgan fingerprint density at radius 1 is 1.40 bits per heavy atom. The summed E-state index contributed by atoms with van der Waals surface area (Å²) in [6.45, 7) is 1.54. The summed E-state index contributed by atoms with van der Waals surface area (Å²) in [7, 11) is 0. The predicted octanol–water partition coefficient (Wildman–Crippen LogP) is -0.361. The van der Waals surface area contributed by atoms with Crippen molar-refractivity contribution in [1.82, 2.24) is 14.8 Å². The Morgan fingerprint density at radius 3 is 2.88 bits per heavy atom. The Morgan fingerprint density at radius 2 is 2.16 bits per heavy atom. The highest BCUT2D eigenvalue weighted by molar-refractivity contribution is 5.95. The molecule has 3 fully saturated rings. The topological polar surface area (TPSA) is 120 Å². The Balaban J connectivity index is 0.000000569. The third-order valence-electron chi connectivity index (χ3n) is 4.92. The van der Waals surface area contributed by atoms with Crippen LogP contribution in [0, 0.1) is 0 Å². The first-order valence-corrected chi connectivity index (χ1v) is 8.06. The molecule has 3 aliphatic rings. The van der Waals surface area contributed by atoms with Gasteiger partial charge in [0.05, 0.1) is 19.1 Å². The van der Waals surface area contributed by atoms with Crippen LogP contribution in [0.5, 0.6) is 0 Å². The fraction of sp³-hybridized carbons (Fsp3) is 0.500. The van der Waals surface area contributed by atoms with Crippen molar-refractivity contribution in [2.45, 2.75) is 31.0 Å². The average Bonchev–Trinajstić information content (AvgIpc) is 3.08. The second kappa shape index (κ2) is 6.67. The smallest absolute Gasteiger partial charge is 0.290 e. The molecule has 0 bridgehead atoms. The molecule has 1 aromatic rings. The zero-order valence-electron chi connectivity index (χ0n) is 13.5. The van der Waals surface area contributed by atoms with Gasteiger partial charge in [-0.05, 0) is 18.6 Å². The molecular weight excluding hydrogens is 330 g/mol. The number of pyridine rings is 1. The van der Waals surface area contributed by atoms with Crippen molar-refractivity contribution in [2.75, 3.05) is 19.7 Å². The van der Waals surface area contributed by atoms with E-state index in [-0.39, 0.29) is 36.3 Å². The second-order valence-corrected chi connectivity index (χ2v) is 6.08. The van der Waals surface area contributed by atoms with Gasteiger partial charge in [0.25, 0.3) is 17.9 Å². The monoisotopic (exact) mass is 349 g/mol. The number of carbonyl (C=O) groups excluding carboxylic acids is 2. The van der Waals surface area contributed by atoms with E-state index in [1.807, 2.05) is 0 Å². The molecule has 0 aromatic carbocycles.